The van der Waals surface area contributed by atoms with Crippen LogP contribution >= 0.6 is 0 Å². The maximum Gasteiger partial charge on any atom is 0.248 e. The lowest BCUT2D eigenvalue weighted by atomic mass is 10.0. The zero-order valence-corrected chi connectivity index (χ0v) is 20.8. The number of ether oxygens (including phenoxy) is 2. The number of aliphatic hydroxyl groups is 2. The van der Waals surface area contributed by atoms with Gasteiger partial charge in [-0.25, -0.2) is 8.42 Å². The van der Waals surface area contributed by atoms with Gasteiger partial charge in [0.1, 0.15) is 29.0 Å². The molecule has 0 radical (unpaired) electrons. The SMILES string of the molecule is COCC(=O)N(C)C[C@@H]1Oc2cc(C#CC(C)(C)O)ccc2S(=O)(=O)N([C@H](C)CO)C[C@H]1C. The number of rotatable bonds is 6. The number of aliphatic hydroxyl groups excluding tert-OH is 1. The lowest BCUT2D eigenvalue weighted by molar-refractivity contribution is -0.135. The first kappa shape index (κ1) is 27.1. The van der Waals surface area contributed by atoms with Crippen molar-refractivity contribution in [2.75, 3.05) is 40.5 Å². The third kappa shape index (κ3) is 6.91. The summed E-state index contributed by atoms with van der Waals surface area (Å²) in [5, 5.41) is 19.6. The molecule has 33 heavy (non-hydrogen) atoms. The number of hydrogen-bond acceptors (Lipinski definition) is 7. The molecule has 1 amide bonds. The Kier molecular flexibility index (Phi) is 8.90. The lowest BCUT2D eigenvalue weighted by Gasteiger charge is -2.37. The van der Waals surface area contributed by atoms with Crippen molar-refractivity contribution in [3.8, 4) is 17.6 Å². The second-order valence-electron chi connectivity index (χ2n) is 8.92. The molecule has 184 valence electrons. The number of nitrogens with zero attached hydrogens (tertiary/aromatic N) is 2. The Morgan fingerprint density at radius 3 is 2.67 bits per heavy atom. The number of sulfonamides is 1. The Bertz CT molecular complexity index is 1010. The fourth-order valence-electron chi connectivity index (χ4n) is 3.35. The Morgan fingerprint density at radius 2 is 2.09 bits per heavy atom. The molecule has 1 heterocycles. The molecule has 0 aliphatic carbocycles. The monoisotopic (exact) mass is 482 g/mol. The fraction of sp³-hybridized carbons (Fsp3) is 0.609. The summed E-state index contributed by atoms with van der Waals surface area (Å²) in [5.41, 5.74) is -0.741. The summed E-state index contributed by atoms with van der Waals surface area (Å²) >= 11 is 0. The number of hydrogen-bond donors (Lipinski definition) is 2. The number of carbonyl (C=O) groups is 1. The van der Waals surface area contributed by atoms with Gasteiger partial charge in [-0.2, -0.15) is 4.31 Å². The molecule has 2 N–H and O–H groups in total. The van der Waals surface area contributed by atoms with Gasteiger partial charge in [0.05, 0.1) is 13.2 Å². The first-order valence-corrected chi connectivity index (χ1v) is 12.2. The van der Waals surface area contributed by atoms with Crippen molar-refractivity contribution in [2.24, 2.45) is 5.92 Å². The molecule has 3 atom stereocenters. The van der Waals surface area contributed by atoms with Crippen LogP contribution in [0, 0.1) is 17.8 Å². The summed E-state index contributed by atoms with van der Waals surface area (Å²) in [5.74, 6) is 5.12. The number of methoxy groups -OCH3 is 1. The van der Waals surface area contributed by atoms with Crippen LogP contribution in [0.3, 0.4) is 0 Å². The maximum atomic E-state index is 13.5. The molecule has 0 saturated carbocycles. The van der Waals surface area contributed by atoms with Gasteiger partial charge >= 0.3 is 0 Å². The van der Waals surface area contributed by atoms with Gasteiger partial charge < -0.3 is 24.6 Å². The van der Waals surface area contributed by atoms with E-state index in [1.807, 2.05) is 6.92 Å². The van der Waals surface area contributed by atoms with Crippen LogP contribution in [0.25, 0.3) is 0 Å². The molecule has 0 fully saturated rings. The number of benzene rings is 1. The Labute approximate surface area is 196 Å². The fourth-order valence-corrected chi connectivity index (χ4v) is 5.18. The van der Waals surface area contributed by atoms with Gasteiger partial charge in [0.15, 0.2) is 0 Å². The molecule has 0 unspecified atom stereocenters. The van der Waals surface area contributed by atoms with E-state index in [0.29, 0.717) is 5.56 Å². The molecule has 1 aliphatic heterocycles. The van der Waals surface area contributed by atoms with E-state index < -0.39 is 27.8 Å². The third-order valence-corrected chi connectivity index (χ3v) is 7.35. The highest BCUT2D eigenvalue weighted by molar-refractivity contribution is 7.89. The average molecular weight is 483 g/mol. The molecule has 1 aromatic carbocycles. The van der Waals surface area contributed by atoms with E-state index in [4.69, 9.17) is 9.47 Å². The predicted molar refractivity (Wildman–Crippen MR) is 123 cm³/mol. The van der Waals surface area contributed by atoms with Crippen LogP contribution in [-0.4, -0.2) is 92.0 Å². The second kappa shape index (κ2) is 10.8. The minimum absolute atomic E-state index is 0.0422. The third-order valence-electron chi connectivity index (χ3n) is 5.33. The summed E-state index contributed by atoms with van der Waals surface area (Å²) in [6.07, 6.45) is -0.532. The molecule has 0 spiro atoms. The minimum atomic E-state index is -3.97. The van der Waals surface area contributed by atoms with Crippen molar-refractivity contribution in [2.45, 2.75) is 50.3 Å². The number of amides is 1. The van der Waals surface area contributed by atoms with Crippen LogP contribution in [0.4, 0.5) is 0 Å². The Balaban J connectivity index is 2.57. The van der Waals surface area contributed by atoms with Gasteiger partial charge in [-0.15, -0.1) is 0 Å². The van der Waals surface area contributed by atoms with E-state index in [2.05, 4.69) is 11.8 Å². The van der Waals surface area contributed by atoms with Crippen molar-refractivity contribution >= 4 is 15.9 Å². The van der Waals surface area contributed by atoms with Crippen LogP contribution in [0.1, 0.15) is 33.3 Å². The topological polar surface area (TPSA) is 117 Å². The van der Waals surface area contributed by atoms with Crippen LogP contribution in [0.15, 0.2) is 23.1 Å². The average Bonchev–Trinajstić information content (AvgIpc) is 2.73. The van der Waals surface area contributed by atoms with E-state index in [9.17, 15) is 23.4 Å². The van der Waals surface area contributed by atoms with E-state index in [-0.39, 0.29) is 48.8 Å². The number of fused-ring (bicyclic) bond motifs is 1. The summed E-state index contributed by atoms with van der Waals surface area (Å²) in [6.45, 7) is 6.49. The van der Waals surface area contributed by atoms with E-state index >= 15 is 0 Å². The normalized spacial score (nSPS) is 21.5. The molecule has 1 aromatic rings. The predicted octanol–water partition coefficient (Wildman–Crippen LogP) is 0.682. The first-order valence-electron chi connectivity index (χ1n) is 10.7. The second-order valence-corrected chi connectivity index (χ2v) is 10.8. The van der Waals surface area contributed by atoms with Crippen molar-refractivity contribution in [1.82, 2.24) is 9.21 Å². The zero-order chi connectivity index (χ0) is 25.0. The Morgan fingerprint density at radius 1 is 1.42 bits per heavy atom. The van der Waals surface area contributed by atoms with Gasteiger partial charge in [-0.3, -0.25) is 4.79 Å². The van der Waals surface area contributed by atoms with Gasteiger partial charge in [0, 0.05) is 38.2 Å². The van der Waals surface area contributed by atoms with Crippen molar-refractivity contribution in [3.63, 3.8) is 0 Å². The quantitative estimate of drug-likeness (QED) is 0.573. The van der Waals surface area contributed by atoms with Crippen molar-refractivity contribution in [3.05, 3.63) is 23.8 Å². The summed E-state index contributed by atoms with van der Waals surface area (Å²) in [4.78, 5) is 13.7. The van der Waals surface area contributed by atoms with E-state index in [1.165, 1.54) is 28.4 Å². The van der Waals surface area contributed by atoms with Crippen LogP contribution in [0.5, 0.6) is 5.75 Å². The van der Waals surface area contributed by atoms with Crippen molar-refractivity contribution in [1.29, 1.82) is 0 Å². The molecule has 0 saturated heterocycles. The summed E-state index contributed by atoms with van der Waals surface area (Å²) < 4.78 is 39.3. The molecule has 2 rings (SSSR count). The number of carbonyl (C=O) groups excluding carboxylic acids is 1. The maximum absolute atomic E-state index is 13.5. The van der Waals surface area contributed by atoms with Crippen LogP contribution < -0.4 is 4.74 Å². The molecule has 0 aromatic heterocycles. The van der Waals surface area contributed by atoms with Gasteiger partial charge in [0.25, 0.3) is 0 Å². The largest absolute Gasteiger partial charge is 0.487 e. The molecular weight excluding hydrogens is 448 g/mol. The van der Waals surface area contributed by atoms with Gasteiger partial charge in [-0.1, -0.05) is 18.8 Å². The summed E-state index contributed by atoms with van der Waals surface area (Å²) in [6, 6.07) is 3.85. The molecule has 1 aliphatic rings. The smallest absolute Gasteiger partial charge is 0.248 e. The minimum Gasteiger partial charge on any atom is -0.487 e. The standard InChI is InChI=1S/C23H34N2O7S/c1-16-12-25(17(2)14-26)33(29,30)21-8-7-18(9-10-23(3,4)28)11-19(21)32-20(16)13-24(5)22(27)15-31-6/h7-8,11,16-17,20,26,28H,12-15H2,1-6H3/t16-,17-,20+/m1/s1. The van der Waals surface area contributed by atoms with Crippen LogP contribution in [-0.2, 0) is 19.6 Å². The highest BCUT2D eigenvalue weighted by Crippen LogP contribution is 2.34. The van der Waals surface area contributed by atoms with Gasteiger partial charge in [-0.05, 0) is 39.0 Å². The van der Waals surface area contributed by atoms with Gasteiger partial charge in [0.2, 0.25) is 15.9 Å². The van der Waals surface area contributed by atoms with E-state index in [0.717, 1.165) is 0 Å². The molecule has 0 bridgehead atoms. The lowest BCUT2D eigenvalue weighted by Crippen LogP contribution is -2.50. The number of likely N-dealkylation sites (N-methyl/N-ethyl adjacent to an activating group) is 1. The highest BCUT2D eigenvalue weighted by Gasteiger charge is 2.38. The first-order chi connectivity index (χ1) is 15.3. The zero-order valence-electron chi connectivity index (χ0n) is 20.0. The highest BCUT2D eigenvalue weighted by atomic mass is 32.2. The molecule has 10 heteroatoms. The molecule has 9 nitrogen and oxygen atoms in total. The Hall–Kier alpha value is -2.16. The van der Waals surface area contributed by atoms with Crippen molar-refractivity contribution < 1.29 is 32.9 Å². The van der Waals surface area contributed by atoms with E-state index in [1.54, 1.807) is 33.9 Å². The molecular formula is C23H34N2O7S. The summed E-state index contributed by atoms with van der Waals surface area (Å²) in [7, 11) is -0.905. The van der Waals surface area contributed by atoms with Crippen LogP contribution in [0.2, 0.25) is 0 Å².